The minimum absolute atomic E-state index is 0.225. The quantitative estimate of drug-likeness (QED) is 0.819. The summed E-state index contributed by atoms with van der Waals surface area (Å²) in [5, 5.41) is 5.89. The van der Waals surface area contributed by atoms with Crippen LogP contribution in [0, 0.1) is 0 Å². The molecule has 0 fully saturated rings. The van der Waals surface area contributed by atoms with Gasteiger partial charge < -0.3 is 15.4 Å². The lowest BCUT2D eigenvalue weighted by Crippen LogP contribution is -2.32. The summed E-state index contributed by atoms with van der Waals surface area (Å²) in [6.45, 7) is 1.94. The van der Waals surface area contributed by atoms with Crippen molar-refractivity contribution in [3.05, 3.63) is 41.5 Å². The molecule has 7 heteroatoms. The van der Waals surface area contributed by atoms with Crippen molar-refractivity contribution in [2.45, 2.75) is 12.6 Å². The van der Waals surface area contributed by atoms with Gasteiger partial charge >= 0.3 is 6.18 Å². The van der Waals surface area contributed by atoms with Crippen LogP contribution in [0.5, 0.6) is 5.75 Å². The van der Waals surface area contributed by atoms with Gasteiger partial charge in [-0.3, -0.25) is 4.79 Å². The van der Waals surface area contributed by atoms with E-state index in [0.29, 0.717) is 6.54 Å². The Kier molecular flexibility index (Phi) is 5.43. The van der Waals surface area contributed by atoms with Gasteiger partial charge in [0.15, 0.2) is 6.61 Å². The first-order valence-electron chi connectivity index (χ1n) is 6.90. The molecule has 1 aliphatic heterocycles. The fraction of sp³-hybridized carbons (Fsp3) is 0.400. The maximum absolute atomic E-state index is 12.4. The fourth-order valence-corrected chi connectivity index (χ4v) is 1.98. The molecule has 1 aromatic carbocycles. The number of hydrogen-bond donors (Lipinski definition) is 2. The minimum atomic E-state index is -4.38. The molecule has 0 saturated heterocycles. The molecule has 4 nitrogen and oxygen atoms in total. The SMILES string of the molecule is O=C(COc1ccc(C(F)(F)F)cc1)NCC1=CCNCC1. The highest BCUT2D eigenvalue weighted by Crippen LogP contribution is 2.30. The predicted molar refractivity (Wildman–Crippen MR) is 75.5 cm³/mol. The normalized spacial score (nSPS) is 15.1. The fourth-order valence-electron chi connectivity index (χ4n) is 1.98. The molecule has 2 rings (SSSR count). The number of benzene rings is 1. The summed E-state index contributed by atoms with van der Waals surface area (Å²) >= 11 is 0. The zero-order valence-corrected chi connectivity index (χ0v) is 11.9. The molecule has 1 amide bonds. The number of halogens is 3. The van der Waals surface area contributed by atoms with Gasteiger partial charge in [-0.25, -0.2) is 0 Å². The van der Waals surface area contributed by atoms with E-state index < -0.39 is 11.7 Å². The first-order chi connectivity index (χ1) is 10.4. The molecule has 0 unspecified atom stereocenters. The highest BCUT2D eigenvalue weighted by atomic mass is 19.4. The van der Waals surface area contributed by atoms with E-state index in [1.165, 1.54) is 12.1 Å². The van der Waals surface area contributed by atoms with E-state index in [1.54, 1.807) is 0 Å². The van der Waals surface area contributed by atoms with Gasteiger partial charge in [-0.2, -0.15) is 13.2 Å². The number of amides is 1. The van der Waals surface area contributed by atoms with Crippen molar-refractivity contribution < 1.29 is 22.7 Å². The summed E-state index contributed by atoms with van der Waals surface area (Å²) in [7, 11) is 0. The number of carbonyl (C=O) groups excluding carboxylic acids is 1. The van der Waals surface area contributed by atoms with Crippen LogP contribution in [-0.2, 0) is 11.0 Å². The number of nitrogens with one attached hydrogen (secondary N) is 2. The van der Waals surface area contributed by atoms with Gasteiger partial charge in [0.25, 0.3) is 5.91 Å². The zero-order valence-electron chi connectivity index (χ0n) is 11.9. The molecule has 1 aliphatic rings. The van der Waals surface area contributed by atoms with Crippen molar-refractivity contribution in [2.75, 3.05) is 26.2 Å². The van der Waals surface area contributed by atoms with Crippen molar-refractivity contribution in [3.63, 3.8) is 0 Å². The summed E-state index contributed by atoms with van der Waals surface area (Å²) in [4.78, 5) is 11.6. The van der Waals surface area contributed by atoms with Gasteiger partial charge in [-0.15, -0.1) is 0 Å². The van der Waals surface area contributed by atoms with Crippen molar-refractivity contribution >= 4 is 5.91 Å². The van der Waals surface area contributed by atoms with Gasteiger partial charge in [0, 0.05) is 13.1 Å². The molecule has 22 heavy (non-hydrogen) atoms. The van der Waals surface area contributed by atoms with Crippen LogP contribution in [0.15, 0.2) is 35.9 Å². The highest BCUT2D eigenvalue weighted by Gasteiger charge is 2.30. The molecule has 1 heterocycles. The third-order valence-electron chi connectivity index (χ3n) is 3.22. The summed E-state index contributed by atoms with van der Waals surface area (Å²) in [5.74, 6) is -0.0800. The van der Waals surface area contributed by atoms with Crippen LogP contribution in [0.3, 0.4) is 0 Å². The van der Waals surface area contributed by atoms with Crippen molar-refractivity contribution in [1.82, 2.24) is 10.6 Å². The van der Waals surface area contributed by atoms with E-state index in [-0.39, 0.29) is 18.3 Å². The van der Waals surface area contributed by atoms with Gasteiger partial charge in [0.05, 0.1) is 5.56 Å². The number of alkyl halides is 3. The second kappa shape index (κ2) is 7.31. The van der Waals surface area contributed by atoms with Crippen LogP contribution >= 0.6 is 0 Å². The minimum Gasteiger partial charge on any atom is -0.484 e. The number of ether oxygens (including phenoxy) is 1. The Bertz CT molecular complexity index is 539. The molecule has 0 atom stereocenters. The Balaban J connectivity index is 1.75. The lowest BCUT2D eigenvalue weighted by atomic mass is 10.1. The standard InChI is InChI=1S/C15H17F3N2O2/c16-15(17,18)12-1-3-13(4-2-12)22-10-14(21)20-9-11-5-7-19-8-6-11/h1-5,19H,6-10H2,(H,20,21). The smallest absolute Gasteiger partial charge is 0.416 e. The van der Waals surface area contributed by atoms with E-state index in [0.717, 1.165) is 37.2 Å². The van der Waals surface area contributed by atoms with Crippen molar-refractivity contribution in [3.8, 4) is 5.75 Å². The zero-order chi connectivity index (χ0) is 16.0. The molecule has 2 N–H and O–H groups in total. The first-order valence-corrected chi connectivity index (χ1v) is 6.90. The Hall–Kier alpha value is -2.02. The van der Waals surface area contributed by atoms with Crippen LogP contribution < -0.4 is 15.4 Å². The molecule has 120 valence electrons. The monoisotopic (exact) mass is 314 g/mol. The Labute approximate surface area is 126 Å². The molecule has 0 aromatic heterocycles. The van der Waals surface area contributed by atoms with Crippen molar-refractivity contribution in [1.29, 1.82) is 0 Å². The molecule has 0 aliphatic carbocycles. The summed E-state index contributed by atoms with van der Waals surface area (Å²) in [5.41, 5.74) is 0.406. The molecule has 1 aromatic rings. The van der Waals surface area contributed by atoms with Crippen LogP contribution in [0.2, 0.25) is 0 Å². The molecule has 0 bridgehead atoms. The van der Waals surface area contributed by atoms with Gasteiger partial charge in [0.1, 0.15) is 5.75 Å². The Morgan fingerprint density at radius 3 is 2.59 bits per heavy atom. The second-order valence-electron chi connectivity index (χ2n) is 4.90. The van der Waals surface area contributed by atoms with Crippen LogP contribution in [0.25, 0.3) is 0 Å². The molecule has 0 spiro atoms. The van der Waals surface area contributed by atoms with Gasteiger partial charge in [-0.1, -0.05) is 11.6 Å². The van der Waals surface area contributed by atoms with Gasteiger partial charge in [0.2, 0.25) is 0 Å². The van der Waals surface area contributed by atoms with Gasteiger partial charge in [-0.05, 0) is 37.2 Å². The predicted octanol–water partition coefficient (Wildman–Crippen LogP) is 2.12. The second-order valence-corrected chi connectivity index (χ2v) is 4.90. The third kappa shape index (κ3) is 5.07. The lowest BCUT2D eigenvalue weighted by Gasteiger charge is -2.14. The molecule has 0 radical (unpaired) electrons. The Morgan fingerprint density at radius 1 is 1.27 bits per heavy atom. The largest absolute Gasteiger partial charge is 0.484 e. The molecular weight excluding hydrogens is 297 g/mol. The van der Waals surface area contributed by atoms with E-state index >= 15 is 0 Å². The van der Waals surface area contributed by atoms with Crippen molar-refractivity contribution in [2.24, 2.45) is 0 Å². The van der Waals surface area contributed by atoms with E-state index in [1.807, 2.05) is 6.08 Å². The van der Waals surface area contributed by atoms with E-state index in [4.69, 9.17) is 4.74 Å². The summed E-state index contributed by atoms with van der Waals surface area (Å²) < 4.78 is 42.4. The summed E-state index contributed by atoms with van der Waals surface area (Å²) in [6, 6.07) is 4.25. The van der Waals surface area contributed by atoms with E-state index in [2.05, 4.69) is 10.6 Å². The average molecular weight is 314 g/mol. The lowest BCUT2D eigenvalue weighted by molar-refractivity contribution is -0.137. The summed E-state index contributed by atoms with van der Waals surface area (Å²) in [6.07, 6.45) is -1.46. The van der Waals surface area contributed by atoms with Crippen LogP contribution in [-0.4, -0.2) is 32.1 Å². The highest BCUT2D eigenvalue weighted by molar-refractivity contribution is 5.77. The molecular formula is C15H17F3N2O2. The maximum Gasteiger partial charge on any atom is 0.416 e. The van der Waals surface area contributed by atoms with E-state index in [9.17, 15) is 18.0 Å². The average Bonchev–Trinajstić information content (AvgIpc) is 2.51. The first kappa shape index (κ1) is 16.4. The topological polar surface area (TPSA) is 50.4 Å². The number of carbonyl (C=O) groups is 1. The van der Waals surface area contributed by atoms with Crippen LogP contribution in [0.1, 0.15) is 12.0 Å². The maximum atomic E-state index is 12.4. The molecule has 0 saturated carbocycles. The van der Waals surface area contributed by atoms with Crippen LogP contribution in [0.4, 0.5) is 13.2 Å². The number of hydrogen-bond acceptors (Lipinski definition) is 3. The number of rotatable bonds is 5. The third-order valence-corrected chi connectivity index (χ3v) is 3.22. The Morgan fingerprint density at radius 2 is 2.00 bits per heavy atom.